The summed E-state index contributed by atoms with van der Waals surface area (Å²) in [6.07, 6.45) is 0. The minimum Gasteiger partial charge on any atom is -0.545 e. The van der Waals surface area contributed by atoms with Crippen LogP contribution in [0.15, 0.2) is 11.4 Å². The summed E-state index contributed by atoms with van der Waals surface area (Å²) in [5, 5.41) is 21.7. The molecular weight excluding hydrogens is 168 g/mol. The first-order valence-corrected chi connectivity index (χ1v) is 3.51. The minimum absolute atomic E-state index is 0.301. The van der Waals surface area contributed by atoms with Crippen LogP contribution in [0.5, 0.6) is 0 Å². The largest absolute Gasteiger partial charge is 0.545 e. The second-order valence-electron chi connectivity index (χ2n) is 1.74. The molecule has 1 aromatic rings. The molecule has 11 heavy (non-hydrogen) atoms. The smallest absolute Gasteiger partial charge is 0.0822 e. The van der Waals surface area contributed by atoms with Gasteiger partial charge in [0.25, 0.3) is 0 Å². The molecule has 0 spiro atoms. The van der Waals surface area contributed by atoms with Gasteiger partial charge in [-0.1, -0.05) is 0 Å². The SMILES string of the molecule is O=C([O-])c1ccsc1C(=O)[O-]. The Labute approximate surface area is 65.7 Å². The molecule has 0 amide bonds. The van der Waals surface area contributed by atoms with Gasteiger partial charge in [0.05, 0.1) is 16.8 Å². The lowest BCUT2D eigenvalue weighted by molar-refractivity contribution is -0.259. The van der Waals surface area contributed by atoms with Crippen molar-refractivity contribution < 1.29 is 19.8 Å². The number of carbonyl (C=O) groups is 2. The molecule has 58 valence electrons. The van der Waals surface area contributed by atoms with E-state index in [0.29, 0.717) is 0 Å². The summed E-state index contributed by atoms with van der Waals surface area (Å²) in [5.74, 6) is -2.98. The Kier molecular flexibility index (Phi) is 1.91. The molecule has 4 nitrogen and oxygen atoms in total. The predicted octanol–water partition coefficient (Wildman–Crippen LogP) is -1.52. The maximum absolute atomic E-state index is 10.2. The van der Waals surface area contributed by atoms with Crippen molar-refractivity contribution >= 4 is 23.3 Å². The van der Waals surface area contributed by atoms with Crippen LogP contribution in [0.4, 0.5) is 0 Å². The van der Waals surface area contributed by atoms with E-state index in [9.17, 15) is 19.8 Å². The highest BCUT2D eigenvalue weighted by atomic mass is 32.1. The molecule has 0 aromatic carbocycles. The van der Waals surface area contributed by atoms with Crippen molar-refractivity contribution in [2.75, 3.05) is 0 Å². The summed E-state index contributed by atoms with van der Waals surface area (Å²) in [5.41, 5.74) is -0.324. The summed E-state index contributed by atoms with van der Waals surface area (Å²) in [4.78, 5) is 20.1. The first-order chi connectivity index (χ1) is 5.13. The summed E-state index contributed by atoms with van der Waals surface area (Å²) < 4.78 is 0. The van der Waals surface area contributed by atoms with Gasteiger partial charge in [0.1, 0.15) is 0 Å². The van der Waals surface area contributed by atoms with Crippen LogP contribution in [0.2, 0.25) is 0 Å². The van der Waals surface area contributed by atoms with Crippen molar-refractivity contribution in [3.05, 3.63) is 21.9 Å². The van der Waals surface area contributed by atoms with Gasteiger partial charge in [0.2, 0.25) is 0 Å². The monoisotopic (exact) mass is 170 g/mol. The predicted molar refractivity (Wildman–Crippen MR) is 33.0 cm³/mol. The second-order valence-corrected chi connectivity index (χ2v) is 2.65. The van der Waals surface area contributed by atoms with E-state index >= 15 is 0 Å². The summed E-state index contributed by atoms with van der Waals surface area (Å²) in [7, 11) is 0. The summed E-state index contributed by atoms with van der Waals surface area (Å²) in [6, 6.07) is 1.17. The van der Waals surface area contributed by atoms with E-state index in [2.05, 4.69) is 0 Å². The van der Waals surface area contributed by atoms with Crippen LogP contribution in [0, 0.1) is 0 Å². The fraction of sp³-hybridized carbons (Fsp3) is 0. The van der Waals surface area contributed by atoms with E-state index in [1.807, 2.05) is 0 Å². The third-order valence-electron chi connectivity index (χ3n) is 1.07. The highest BCUT2D eigenvalue weighted by Gasteiger charge is 2.04. The maximum atomic E-state index is 10.2. The fourth-order valence-electron chi connectivity index (χ4n) is 0.628. The van der Waals surface area contributed by atoms with Crippen LogP contribution in [0.25, 0.3) is 0 Å². The lowest BCUT2D eigenvalue weighted by Crippen LogP contribution is -2.28. The molecule has 0 unspecified atom stereocenters. The number of rotatable bonds is 2. The van der Waals surface area contributed by atoms with E-state index in [1.54, 1.807) is 0 Å². The average molecular weight is 170 g/mol. The van der Waals surface area contributed by atoms with Crippen LogP contribution in [-0.4, -0.2) is 11.9 Å². The van der Waals surface area contributed by atoms with E-state index in [1.165, 1.54) is 11.4 Å². The Morgan fingerprint density at radius 1 is 1.27 bits per heavy atom. The Bertz CT molecular complexity index is 273. The molecule has 0 saturated heterocycles. The maximum Gasteiger partial charge on any atom is 0.0822 e. The van der Waals surface area contributed by atoms with Crippen molar-refractivity contribution in [3.8, 4) is 0 Å². The quantitative estimate of drug-likeness (QED) is 0.539. The lowest BCUT2D eigenvalue weighted by Gasteiger charge is -2.03. The molecule has 0 bridgehead atoms. The van der Waals surface area contributed by atoms with Crippen LogP contribution in [0.3, 0.4) is 0 Å². The van der Waals surface area contributed by atoms with Gasteiger partial charge < -0.3 is 19.8 Å². The number of hydrogen-bond acceptors (Lipinski definition) is 5. The van der Waals surface area contributed by atoms with Gasteiger partial charge in [-0.05, 0) is 11.4 Å². The first-order valence-electron chi connectivity index (χ1n) is 2.63. The van der Waals surface area contributed by atoms with E-state index in [0.717, 1.165) is 11.3 Å². The average Bonchev–Trinajstić information content (AvgIpc) is 2.32. The number of carboxylic acids is 2. The lowest BCUT2D eigenvalue weighted by atomic mass is 10.2. The number of carbonyl (C=O) groups excluding carboxylic acids is 2. The molecule has 1 heterocycles. The van der Waals surface area contributed by atoms with Crippen LogP contribution < -0.4 is 10.2 Å². The van der Waals surface area contributed by atoms with Gasteiger partial charge in [-0.3, -0.25) is 0 Å². The Morgan fingerprint density at radius 3 is 2.27 bits per heavy atom. The van der Waals surface area contributed by atoms with Crippen molar-refractivity contribution in [1.29, 1.82) is 0 Å². The zero-order valence-electron chi connectivity index (χ0n) is 5.20. The third-order valence-corrected chi connectivity index (χ3v) is 1.96. The molecule has 5 heteroatoms. The van der Waals surface area contributed by atoms with Gasteiger partial charge in [-0.2, -0.15) is 0 Å². The molecule has 0 N–H and O–H groups in total. The van der Waals surface area contributed by atoms with Crippen LogP contribution in [0.1, 0.15) is 20.0 Å². The molecule has 0 aliphatic heterocycles. The molecule has 0 radical (unpaired) electrons. The van der Waals surface area contributed by atoms with Gasteiger partial charge in [0, 0.05) is 5.56 Å². The number of aromatic carboxylic acids is 2. The number of thiophene rings is 1. The first kappa shape index (κ1) is 7.74. The Morgan fingerprint density at radius 2 is 1.91 bits per heavy atom. The van der Waals surface area contributed by atoms with Crippen LogP contribution in [-0.2, 0) is 0 Å². The van der Waals surface area contributed by atoms with Crippen molar-refractivity contribution in [2.45, 2.75) is 0 Å². The highest BCUT2D eigenvalue weighted by Crippen LogP contribution is 2.14. The number of carboxylic acid groups (broad SMARTS) is 2. The van der Waals surface area contributed by atoms with Crippen LogP contribution >= 0.6 is 11.3 Å². The molecular formula is C6H2O4S-2. The second kappa shape index (κ2) is 2.71. The fourth-order valence-corrected chi connectivity index (χ4v) is 1.34. The van der Waals surface area contributed by atoms with Crippen molar-refractivity contribution in [1.82, 2.24) is 0 Å². The van der Waals surface area contributed by atoms with Gasteiger partial charge in [0.15, 0.2) is 0 Å². The molecule has 0 aliphatic rings. The molecule has 0 atom stereocenters. The highest BCUT2D eigenvalue weighted by molar-refractivity contribution is 7.12. The normalized spacial score (nSPS) is 9.45. The molecule has 1 rings (SSSR count). The molecule has 1 aromatic heterocycles. The Hall–Kier alpha value is -1.36. The minimum atomic E-state index is -1.49. The Balaban J connectivity index is 3.16. The summed E-state index contributed by atoms with van der Waals surface area (Å²) >= 11 is 0.803. The van der Waals surface area contributed by atoms with E-state index in [-0.39, 0.29) is 10.4 Å². The zero-order chi connectivity index (χ0) is 8.43. The summed E-state index contributed by atoms with van der Waals surface area (Å²) in [6.45, 7) is 0. The third kappa shape index (κ3) is 1.38. The van der Waals surface area contributed by atoms with E-state index < -0.39 is 11.9 Å². The topological polar surface area (TPSA) is 80.3 Å². The molecule has 0 saturated carbocycles. The number of hydrogen-bond donors (Lipinski definition) is 0. The van der Waals surface area contributed by atoms with E-state index in [4.69, 9.17) is 0 Å². The molecule has 0 fully saturated rings. The zero-order valence-corrected chi connectivity index (χ0v) is 6.01. The van der Waals surface area contributed by atoms with Gasteiger partial charge in [-0.25, -0.2) is 0 Å². The standard InChI is InChI=1S/C6H4O4S/c7-5(8)3-1-2-11-4(3)6(9)10/h1-2H,(H,7,8)(H,9,10)/p-2. The van der Waals surface area contributed by atoms with Crippen molar-refractivity contribution in [3.63, 3.8) is 0 Å². The van der Waals surface area contributed by atoms with Gasteiger partial charge >= 0.3 is 0 Å². The van der Waals surface area contributed by atoms with Gasteiger partial charge in [-0.15, -0.1) is 11.3 Å². The molecule has 0 aliphatic carbocycles. The van der Waals surface area contributed by atoms with Crippen molar-refractivity contribution in [2.24, 2.45) is 0 Å².